The normalized spacial score (nSPS) is 27.6. The molecule has 1 aromatic rings. The molecule has 2 rings (SSSR count). The predicted octanol–water partition coefficient (Wildman–Crippen LogP) is 4.38. The number of hydrogen-bond donors (Lipinski definition) is 0. The Bertz CT molecular complexity index is 450. The van der Waals surface area contributed by atoms with Gasteiger partial charge in [0.05, 0.1) is 0 Å². The van der Waals surface area contributed by atoms with Crippen LogP contribution in [0.3, 0.4) is 0 Å². The fraction of sp³-hybridized carbons (Fsp3) is 0.467. The summed E-state index contributed by atoms with van der Waals surface area (Å²) in [5.74, 6) is -0.217. The Labute approximate surface area is 101 Å². The first-order chi connectivity index (χ1) is 8.00. The van der Waals surface area contributed by atoms with E-state index in [1.54, 1.807) is 6.08 Å². The fourth-order valence-electron chi connectivity index (χ4n) is 2.98. The van der Waals surface area contributed by atoms with Crippen LogP contribution >= 0.6 is 0 Å². The zero-order chi connectivity index (χ0) is 12.6. The van der Waals surface area contributed by atoms with E-state index in [4.69, 9.17) is 0 Å². The van der Waals surface area contributed by atoms with Gasteiger partial charge in [0.2, 0.25) is 0 Å². The average molecular weight is 236 g/mol. The number of hydrogen-bond acceptors (Lipinski definition) is 0. The minimum atomic E-state index is -0.332. The van der Waals surface area contributed by atoms with Crippen molar-refractivity contribution in [3.8, 4) is 0 Å². The smallest absolute Gasteiger partial charge is 0.127 e. The SMILES string of the molecule is C=CC[C@]1(C)c2c(F)ccc(F)c2CC[C@@H]1C. The van der Waals surface area contributed by atoms with E-state index < -0.39 is 0 Å². The number of benzene rings is 1. The lowest BCUT2D eigenvalue weighted by Gasteiger charge is -2.41. The molecule has 0 saturated carbocycles. The number of allylic oxidation sites excluding steroid dienone is 1. The summed E-state index contributed by atoms with van der Waals surface area (Å²) in [6, 6.07) is 2.48. The molecule has 0 saturated heterocycles. The van der Waals surface area contributed by atoms with E-state index in [1.807, 2.05) is 6.92 Å². The van der Waals surface area contributed by atoms with Gasteiger partial charge in [0.15, 0.2) is 0 Å². The minimum absolute atomic E-state index is 0.274. The molecule has 2 atom stereocenters. The molecule has 0 bridgehead atoms. The first kappa shape index (κ1) is 12.3. The van der Waals surface area contributed by atoms with Crippen LogP contribution in [-0.2, 0) is 11.8 Å². The standard InChI is InChI=1S/C15H18F2/c1-4-9-15(3)10(2)5-6-11-12(16)7-8-13(17)14(11)15/h4,7-8,10H,1,5-6,9H2,2-3H3/t10-,15-/m0/s1. The van der Waals surface area contributed by atoms with Gasteiger partial charge in [-0.15, -0.1) is 6.58 Å². The first-order valence-electron chi connectivity index (χ1n) is 6.09. The molecule has 0 amide bonds. The molecular weight excluding hydrogens is 218 g/mol. The molecule has 0 nitrogen and oxygen atoms in total. The highest BCUT2D eigenvalue weighted by atomic mass is 19.1. The molecule has 0 aromatic heterocycles. The molecule has 0 radical (unpaired) electrons. The molecule has 0 fully saturated rings. The van der Waals surface area contributed by atoms with Crippen LogP contribution in [0.15, 0.2) is 24.8 Å². The minimum Gasteiger partial charge on any atom is -0.207 e. The first-order valence-corrected chi connectivity index (χ1v) is 6.09. The Morgan fingerprint density at radius 3 is 2.71 bits per heavy atom. The molecule has 0 spiro atoms. The van der Waals surface area contributed by atoms with Gasteiger partial charge in [0.1, 0.15) is 11.6 Å². The Hall–Kier alpha value is -1.18. The van der Waals surface area contributed by atoms with Crippen LogP contribution in [0.2, 0.25) is 0 Å². The van der Waals surface area contributed by atoms with Crippen molar-refractivity contribution in [2.45, 2.75) is 38.5 Å². The van der Waals surface area contributed by atoms with Gasteiger partial charge in [-0.05, 0) is 42.9 Å². The van der Waals surface area contributed by atoms with E-state index in [0.717, 1.165) is 6.42 Å². The summed E-state index contributed by atoms with van der Waals surface area (Å²) in [6.45, 7) is 7.86. The third kappa shape index (κ3) is 1.80. The van der Waals surface area contributed by atoms with Crippen molar-refractivity contribution in [1.82, 2.24) is 0 Å². The third-order valence-corrected chi connectivity index (χ3v) is 4.26. The summed E-state index contributed by atoms with van der Waals surface area (Å²) in [6.07, 6.45) is 4.02. The molecule has 0 unspecified atom stereocenters. The van der Waals surface area contributed by atoms with Crippen LogP contribution in [0.4, 0.5) is 8.78 Å². The maximum atomic E-state index is 14.0. The Balaban J connectivity index is 2.66. The summed E-state index contributed by atoms with van der Waals surface area (Å²) in [5.41, 5.74) is 0.797. The van der Waals surface area contributed by atoms with Crippen LogP contribution in [0.25, 0.3) is 0 Å². The number of fused-ring (bicyclic) bond motifs is 1. The van der Waals surface area contributed by atoms with Crippen LogP contribution in [0.1, 0.15) is 37.8 Å². The van der Waals surface area contributed by atoms with Gasteiger partial charge in [-0.25, -0.2) is 8.78 Å². The summed E-state index contributed by atoms with van der Waals surface area (Å²) in [4.78, 5) is 0. The van der Waals surface area contributed by atoms with Crippen molar-refractivity contribution in [2.75, 3.05) is 0 Å². The van der Waals surface area contributed by atoms with E-state index in [-0.39, 0.29) is 17.0 Å². The van der Waals surface area contributed by atoms with Gasteiger partial charge >= 0.3 is 0 Å². The van der Waals surface area contributed by atoms with Crippen molar-refractivity contribution in [2.24, 2.45) is 5.92 Å². The second-order valence-corrected chi connectivity index (χ2v) is 5.23. The van der Waals surface area contributed by atoms with E-state index in [9.17, 15) is 8.78 Å². The topological polar surface area (TPSA) is 0 Å². The van der Waals surface area contributed by atoms with Gasteiger partial charge < -0.3 is 0 Å². The van der Waals surface area contributed by atoms with E-state index in [1.165, 1.54) is 12.1 Å². The lowest BCUT2D eigenvalue weighted by Crippen LogP contribution is -2.36. The average Bonchev–Trinajstić information content (AvgIpc) is 2.28. The highest BCUT2D eigenvalue weighted by Crippen LogP contribution is 2.45. The highest BCUT2D eigenvalue weighted by molar-refractivity contribution is 5.39. The van der Waals surface area contributed by atoms with Gasteiger partial charge in [-0.1, -0.05) is 19.9 Å². The van der Waals surface area contributed by atoms with E-state index in [2.05, 4.69) is 13.5 Å². The molecule has 0 aliphatic heterocycles. The van der Waals surface area contributed by atoms with Crippen LogP contribution < -0.4 is 0 Å². The van der Waals surface area contributed by atoms with Crippen molar-refractivity contribution < 1.29 is 8.78 Å². The molecule has 1 aliphatic rings. The molecule has 1 aromatic carbocycles. The van der Waals surface area contributed by atoms with E-state index in [0.29, 0.717) is 29.9 Å². The van der Waals surface area contributed by atoms with Crippen molar-refractivity contribution in [3.05, 3.63) is 47.5 Å². The molecular formula is C15H18F2. The zero-order valence-corrected chi connectivity index (χ0v) is 10.4. The highest BCUT2D eigenvalue weighted by Gasteiger charge is 2.40. The number of rotatable bonds is 2. The summed E-state index contributed by atoms with van der Waals surface area (Å²) < 4.78 is 27.8. The van der Waals surface area contributed by atoms with Crippen LogP contribution in [0.5, 0.6) is 0 Å². The molecule has 1 aliphatic carbocycles. The largest absolute Gasteiger partial charge is 0.207 e. The summed E-state index contributed by atoms with van der Waals surface area (Å²) in [5, 5.41) is 0. The second-order valence-electron chi connectivity index (χ2n) is 5.23. The maximum absolute atomic E-state index is 14.0. The Morgan fingerprint density at radius 2 is 2.06 bits per heavy atom. The van der Waals surface area contributed by atoms with Crippen molar-refractivity contribution in [1.29, 1.82) is 0 Å². The summed E-state index contributed by atoms with van der Waals surface area (Å²) >= 11 is 0. The lowest BCUT2D eigenvalue weighted by atomic mass is 9.63. The quantitative estimate of drug-likeness (QED) is 0.668. The maximum Gasteiger partial charge on any atom is 0.127 e. The molecule has 17 heavy (non-hydrogen) atoms. The molecule has 0 heterocycles. The van der Waals surface area contributed by atoms with Crippen molar-refractivity contribution >= 4 is 0 Å². The van der Waals surface area contributed by atoms with Gasteiger partial charge in [-0.2, -0.15) is 0 Å². The zero-order valence-electron chi connectivity index (χ0n) is 10.4. The lowest BCUT2D eigenvalue weighted by molar-refractivity contribution is 0.264. The number of halogens is 2. The molecule has 92 valence electrons. The van der Waals surface area contributed by atoms with Gasteiger partial charge in [-0.3, -0.25) is 0 Å². The predicted molar refractivity (Wildman–Crippen MR) is 66.0 cm³/mol. The third-order valence-electron chi connectivity index (χ3n) is 4.26. The Kier molecular flexibility index (Phi) is 3.07. The fourth-order valence-corrected chi connectivity index (χ4v) is 2.98. The Morgan fingerprint density at radius 1 is 1.41 bits per heavy atom. The molecule has 2 heteroatoms. The van der Waals surface area contributed by atoms with Gasteiger partial charge in [0, 0.05) is 11.0 Å². The van der Waals surface area contributed by atoms with Crippen molar-refractivity contribution in [3.63, 3.8) is 0 Å². The van der Waals surface area contributed by atoms with Gasteiger partial charge in [0.25, 0.3) is 0 Å². The van der Waals surface area contributed by atoms with Crippen LogP contribution in [0, 0.1) is 17.6 Å². The monoisotopic (exact) mass is 236 g/mol. The molecule has 0 N–H and O–H groups in total. The van der Waals surface area contributed by atoms with E-state index >= 15 is 0 Å². The second kappa shape index (κ2) is 4.25. The summed E-state index contributed by atoms with van der Waals surface area (Å²) in [7, 11) is 0. The van der Waals surface area contributed by atoms with Crippen LogP contribution in [-0.4, -0.2) is 0 Å².